The van der Waals surface area contributed by atoms with Crippen LogP contribution in [0.25, 0.3) is 22.2 Å². The Morgan fingerprint density at radius 2 is 1.81 bits per heavy atom. The highest BCUT2D eigenvalue weighted by molar-refractivity contribution is 5.95. The fraction of sp³-hybridized carbons (Fsp3) is 0.296. The van der Waals surface area contributed by atoms with Gasteiger partial charge in [-0.2, -0.15) is 0 Å². The molecule has 2 N–H and O–H groups in total. The lowest BCUT2D eigenvalue weighted by Gasteiger charge is -2.31. The Morgan fingerprint density at radius 1 is 0.972 bits per heavy atom. The molecule has 1 fully saturated rings. The monoisotopic (exact) mass is 481 g/mol. The number of aromatic nitrogens is 4. The van der Waals surface area contributed by atoms with E-state index in [4.69, 9.17) is 0 Å². The molecule has 1 saturated heterocycles. The molecule has 182 valence electrons. The molecule has 2 amide bonds. The molecule has 2 aromatic heterocycles. The highest BCUT2D eigenvalue weighted by Crippen LogP contribution is 2.26. The van der Waals surface area contributed by atoms with Crippen molar-refractivity contribution >= 4 is 28.7 Å². The van der Waals surface area contributed by atoms with Gasteiger partial charge in [0.1, 0.15) is 5.82 Å². The smallest absolute Gasteiger partial charge is 0.253 e. The van der Waals surface area contributed by atoms with Crippen molar-refractivity contribution < 1.29 is 9.59 Å². The topological polar surface area (TPSA) is 105 Å². The van der Waals surface area contributed by atoms with Crippen LogP contribution >= 0.6 is 0 Å². The number of nitrogens with one attached hydrogen (secondary N) is 2. The summed E-state index contributed by atoms with van der Waals surface area (Å²) in [5, 5.41) is 7.14. The van der Waals surface area contributed by atoms with Gasteiger partial charge in [0.15, 0.2) is 0 Å². The van der Waals surface area contributed by atoms with E-state index in [1.165, 1.54) is 0 Å². The van der Waals surface area contributed by atoms with E-state index in [0.717, 1.165) is 47.6 Å². The highest BCUT2D eigenvalue weighted by Gasteiger charge is 2.28. The predicted molar refractivity (Wildman–Crippen MR) is 136 cm³/mol. The first-order valence-corrected chi connectivity index (χ1v) is 12.3. The van der Waals surface area contributed by atoms with Crippen LogP contribution in [0.15, 0.2) is 60.9 Å². The molecule has 0 aliphatic carbocycles. The third-order valence-electron chi connectivity index (χ3n) is 7.02. The second-order valence-corrected chi connectivity index (χ2v) is 9.28. The summed E-state index contributed by atoms with van der Waals surface area (Å²) in [6.45, 7) is 3.67. The zero-order valence-corrected chi connectivity index (χ0v) is 19.9. The molecule has 2 aromatic carbocycles. The van der Waals surface area contributed by atoms with E-state index < -0.39 is 0 Å². The molecule has 0 unspecified atom stereocenters. The number of benzene rings is 2. The van der Waals surface area contributed by atoms with Gasteiger partial charge in [0.2, 0.25) is 11.9 Å². The molecule has 4 aromatic rings. The lowest BCUT2D eigenvalue weighted by molar-refractivity contribution is -0.121. The molecule has 9 nitrogen and oxygen atoms in total. The number of imidazole rings is 1. The number of likely N-dealkylation sites (tertiary alicyclic amines) is 1. The number of fused-ring (bicyclic) bond motifs is 2. The van der Waals surface area contributed by atoms with Crippen molar-refractivity contribution in [2.45, 2.75) is 25.9 Å². The molecule has 2 aliphatic rings. The first-order valence-electron chi connectivity index (χ1n) is 12.3. The van der Waals surface area contributed by atoms with Crippen molar-refractivity contribution in [2.24, 2.45) is 5.92 Å². The standard InChI is InChI=1S/C27H27N7O2/c35-25(18-8-11-33(12-9-18)26(36)19-4-2-1-3-5-19)32-27-30-15-21-7-6-20(14-22(21)31-27)23-16-29-24-17-28-10-13-34(23)24/h1-7,14-16,18,28H,8-13,17H2,(H,30,31,32,35). The Labute approximate surface area is 208 Å². The second kappa shape index (κ2) is 9.50. The average molecular weight is 482 g/mol. The number of carbonyl (C=O) groups excluding carboxylic acids is 2. The first kappa shape index (κ1) is 22.4. The number of nitrogens with zero attached hydrogens (tertiary/aromatic N) is 5. The zero-order valence-electron chi connectivity index (χ0n) is 19.9. The number of rotatable bonds is 4. The van der Waals surface area contributed by atoms with Crippen LogP contribution in [0.2, 0.25) is 0 Å². The number of anilines is 1. The molecule has 0 saturated carbocycles. The van der Waals surface area contributed by atoms with Crippen LogP contribution in [0.3, 0.4) is 0 Å². The van der Waals surface area contributed by atoms with Gasteiger partial charge < -0.3 is 14.8 Å². The van der Waals surface area contributed by atoms with E-state index in [0.29, 0.717) is 37.4 Å². The Morgan fingerprint density at radius 3 is 2.64 bits per heavy atom. The van der Waals surface area contributed by atoms with E-state index in [2.05, 4.69) is 36.2 Å². The van der Waals surface area contributed by atoms with Gasteiger partial charge in [-0.05, 0) is 31.0 Å². The normalized spacial score (nSPS) is 16.1. The summed E-state index contributed by atoms with van der Waals surface area (Å²) in [7, 11) is 0. The Bertz CT molecular complexity index is 1420. The molecule has 6 rings (SSSR count). The van der Waals surface area contributed by atoms with Crippen molar-refractivity contribution in [2.75, 3.05) is 25.0 Å². The molecule has 0 radical (unpaired) electrons. The lowest BCUT2D eigenvalue weighted by atomic mass is 9.95. The van der Waals surface area contributed by atoms with Crippen molar-refractivity contribution in [3.05, 3.63) is 72.3 Å². The number of hydrogen-bond donors (Lipinski definition) is 2. The summed E-state index contributed by atoms with van der Waals surface area (Å²) in [4.78, 5) is 41.0. The maximum Gasteiger partial charge on any atom is 0.253 e. The van der Waals surface area contributed by atoms with Gasteiger partial charge >= 0.3 is 0 Å². The molecular formula is C27H27N7O2. The van der Waals surface area contributed by atoms with E-state index in [1.807, 2.05) is 53.6 Å². The maximum absolute atomic E-state index is 13.0. The largest absolute Gasteiger partial charge is 0.339 e. The van der Waals surface area contributed by atoms with Crippen LogP contribution in [0.4, 0.5) is 5.95 Å². The third kappa shape index (κ3) is 4.33. The summed E-state index contributed by atoms with van der Waals surface area (Å²) in [5.74, 6) is 1.06. The SMILES string of the molecule is O=C(Nc1ncc2ccc(-c3cnc4n3CCNC4)cc2n1)C1CCN(C(=O)c2ccccc2)CC1. The summed E-state index contributed by atoms with van der Waals surface area (Å²) in [6.07, 6.45) is 4.87. The maximum atomic E-state index is 13.0. The van der Waals surface area contributed by atoms with Crippen LogP contribution in [-0.2, 0) is 17.9 Å². The van der Waals surface area contributed by atoms with Crippen LogP contribution in [0.1, 0.15) is 29.0 Å². The molecule has 0 spiro atoms. The van der Waals surface area contributed by atoms with Gasteiger partial charge in [-0.15, -0.1) is 0 Å². The van der Waals surface area contributed by atoms with Crippen molar-refractivity contribution in [1.29, 1.82) is 0 Å². The van der Waals surface area contributed by atoms with Gasteiger partial charge in [-0.1, -0.05) is 30.3 Å². The molecule has 9 heteroatoms. The minimum Gasteiger partial charge on any atom is -0.339 e. The van der Waals surface area contributed by atoms with Gasteiger partial charge in [-0.25, -0.2) is 15.0 Å². The molecule has 0 atom stereocenters. The average Bonchev–Trinajstić information content (AvgIpc) is 3.37. The fourth-order valence-electron chi connectivity index (χ4n) is 4.99. The highest BCUT2D eigenvalue weighted by atomic mass is 16.2. The minimum atomic E-state index is -0.178. The third-order valence-corrected chi connectivity index (χ3v) is 7.02. The molecule has 36 heavy (non-hydrogen) atoms. The van der Waals surface area contributed by atoms with Gasteiger partial charge in [0, 0.05) is 54.8 Å². The molecule has 2 aliphatic heterocycles. The predicted octanol–water partition coefficient (Wildman–Crippen LogP) is 3.09. The zero-order chi connectivity index (χ0) is 24.5. The Kier molecular flexibility index (Phi) is 5.90. The minimum absolute atomic E-state index is 0.0128. The Balaban J connectivity index is 1.13. The van der Waals surface area contributed by atoms with Crippen LogP contribution in [-0.4, -0.2) is 55.9 Å². The van der Waals surface area contributed by atoms with Crippen molar-refractivity contribution in [3.63, 3.8) is 0 Å². The van der Waals surface area contributed by atoms with Crippen molar-refractivity contribution in [3.8, 4) is 11.3 Å². The summed E-state index contributed by atoms with van der Waals surface area (Å²) in [6, 6.07) is 15.3. The number of amides is 2. The summed E-state index contributed by atoms with van der Waals surface area (Å²) in [5.41, 5.74) is 3.55. The van der Waals surface area contributed by atoms with Gasteiger partial charge in [0.25, 0.3) is 5.91 Å². The first-order chi connectivity index (χ1) is 17.7. The molecular weight excluding hydrogens is 454 g/mol. The molecule has 4 heterocycles. The fourth-order valence-corrected chi connectivity index (χ4v) is 4.99. The second-order valence-electron chi connectivity index (χ2n) is 9.28. The van der Waals surface area contributed by atoms with E-state index in [1.54, 1.807) is 6.20 Å². The van der Waals surface area contributed by atoms with Crippen molar-refractivity contribution in [1.82, 2.24) is 29.7 Å². The number of piperidine rings is 1. The number of carbonyl (C=O) groups is 2. The quantitative estimate of drug-likeness (QED) is 0.464. The Hall–Kier alpha value is -4.11. The molecule has 0 bridgehead atoms. The van der Waals surface area contributed by atoms with Crippen LogP contribution < -0.4 is 10.6 Å². The lowest BCUT2D eigenvalue weighted by Crippen LogP contribution is -2.41. The van der Waals surface area contributed by atoms with Crippen LogP contribution in [0.5, 0.6) is 0 Å². The number of hydrogen-bond acceptors (Lipinski definition) is 6. The van der Waals surface area contributed by atoms with Gasteiger partial charge in [-0.3, -0.25) is 14.9 Å². The summed E-state index contributed by atoms with van der Waals surface area (Å²) >= 11 is 0. The van der Waals surface area contributed by atoms with Crippen LogP contribution in [0, 0.1) is 5.92 Å². The van der Waals surface area contributed by atoms with E-state index in [-0.39, 0.29) is 17.7 Å². The van der Waals surface area contributed by atoms with Gasteiger partial charge in [0.05, 0.1) is 24.0 Å². The summed E-state index contributed by atoms with van der Waals surface area (Å²) < 4.78 is 2.23. The van der Waals surface area contributed by atoms with E-state index in [9.17, 15) is 9.59 Å². The van der Waals surface area contributed by atoms with E-state index >= 15 is 0 Å².